The molecule has 2 aromatic rings. The van der Waals surface area contributed by atoms with Gasteiger partial charge in [-0.2, -0.15) is 0 Å². The Morgan fingerprint density at radius 3 is 2.20 bits per heavy atom. The zero-order valence-electron chi connectivity index (χ0n) is 16.6. The quantitative estimate of drug-likeness (QED) is 0.536. The molecule has 0 aromatic heterocycles. The van der Waals surface area contributed by atoms with Crippen LogP contribution in [0, 0.1) is 5.92 Å². The Bertz CT molecular complexity index is 917. The third-order valence-electron chi connectivity index (χ3n) is 5.48. The molecule has 0 N–H and O–H groups in total. The van der Waals surface area contributed by atoms with E-state index in [-0.39, 0.29) is 5.54 Å². The molecule has 3 rings (SSSR count). The van der Waals surface area contributed by atoms with Crippen LogP contribution in [0.5, 0.6) is 0 Å². The maximum absolute atomic E-state index is 4.84. The van der Waals surface area contributed by atoms with Gasteiger partial charge in [0.25, 0.3) is 0 Å². The van der Waals surface area contributed by atoms with E-state index < -0.39 is 0 Å². The monoisotopic (exact) mass is 331 g/mol. The summed E-state index contributed by atoms with van der Waals surface area (Å²) in [4.78, 5) is 4.84. The number of hydrogen-bond acceptors (Lipinski definition) is 1. The summed E-state index contributed by atoms with van der Waals surface area (Å²) in [5.74, 6) is 0.461. The van der Waals surface area contributed by atoms with E-state index in [0.717, 1.165) is 0 Å². The lowest BCUT2D eigenvalue weighted by Gasteiger charge is -2.18. The summed E-state index contributed by atoms with van der Waals surface area (Å²) in [6.07, 6.45) is 2.09. The van der Waals surface area contributed by atoms with Crippen molar-refractivity contribution in [2.45, 2.75) is 54.0 Å². The Morgan fingerprint density at radius 2 is 1.60 bits per heavy atom. The predicted molar refractivity (Wildman–Crippen MR) is 111 cm³/mol. The van der Waals surface area contributed by atoms with Gasteiger partial charge in [-0.1, -0.05) is 48.9 Å². The third kappa shape index (κ3) is 3.20. The van der Waals surface area contributed by atoms with Gasteiger partial charge < -0.3 is 0 Å². The van der Waals surface area contributed by atoms with E-state index in [4.69, 9.17) is 4.99 Å². The molecule has 0 fully saturated rings. The topological polar surface area (TPSA) is 12.4 Å². The van der Waals surface area contributed by atoms with Crippen molar-refractivity contribution in [2.24, 2.45) is 10.9 Å². The van der Waals surface area contributed by atoms with Gasteiger partial charge in [-0.05, 0) is 74.6 Å². The van der Waals surface area contributed by atoms with Crippen LogP contribution in [0.1, 0.15) is 59.6 Å². The minimum Gasteiger partial charge on any atom is -0.287 e. The number of fused-ring (bicyclic) bond motifs is 1. The Kier molecular flexibility index (Phi) is 4.45. The number of rotatable bonds is 2. The largest absolute Gasteiger partial charge is 0.287 e. The van der Waals surface area contributed by atoms with Crippen LogP contribution < -0.4 is 0 Å². The first-order valence-electron chi connectivity index (χ1n) is 9.16. The molecule has 0 heterocycles. The zero-order valence-corrected chi connectivity index (χ0v) is 16.6. The highest BCUT2D eigenvalue weighted by Crippen LogP contribution is 2.44. The molecule has 0 radical (unpaired) electrons. The van der Waals surface area contributed by atoms with Gasteiger partial charge in [0, 0.05) is 17.7 Å². The minimum absolute atomic E-state index is 0.0803. The predicted octanol–water partition coefficient (Wildman–Crippen LogP) is 6.82. The van der Waals surface area contributed by atoms with E-state index in [1.807, 2.05) is 0 Å². The van der Waals surface area contributed by atoms with Gasteiger partial charge >= 0.3 is 0 Å². The van der Waals surface area contributed by atoms with Crippen molar-refractivity contribution in [1.82, 2.24) is 0 Å². The fourth-order valence-electron chi connectivity index (χ4n) is 3.73. The van der Waals surface area contributed by atoms with Crippen LogP contribution in [0.2, 0.25) is 0 Å². The van der Waals surface area contributed by atoms with Gasteiger partial charge in [-0.25, -0.2) is 0 Å². The number of nitrogens with zero attached hydrogens (tertiary/aromatic N) is 1. The van der Waals surface area contributed by atoms with Crippen molar-refractivity contribution in [3.63, 3.8) is 0 Å². The zero-order chi connectivity index (χ0) is 18.4. The number of benzene rings is 2. The van der Waals surface area contributed by atoms with Gasteiger partial charge in [-0.3, -0.25) is 4.99 Å². The van der Waals surface area contributed by atoms with Gasteiger partial charge in [0.2, 0.25) is 0 Å². The average molecular weight is 332 g/mol. The third-order valence-corrected chi connectivity index (χ3v) is 5.48. The molecule has 0 spiro atoms. The fraction of sp³-hybridized carbons (Fsp3) is 0.375. The lowest BCUT2D eigenvalue weighted by molar-refractivity contribution is 0.587. The molecule has 1 heteroatoms. The van der Waals surface area contributed by atoms with E-state index in [0.29, 0.717) is 5.92 Å². The second kappa shape index (κ2) is 6.29. The van der Waals surface area contributed by atoms with Gasteiger partial charge in [0.1, 0.15) is 0 Å². The van der Waals surface area contributed by atoms with Crippen molar-refractivity contribution in [1.29, 1.82) is 0 Å². The van der Waals surface area contributed by atoms with E-state index in [9.17, 15) is 0 Å². The van der Waals surface area contributed by atoms with Crippen LogP contribution in [-0.4, -0.2) is 11.8 Å². The van der Waals surface area contributed by atoms with Gasteiger partial charge in [0.05, 0.1) is 5.54 Å². The lowest BCUT2D eigenvalue weighted by atomic mass is 9.87. The van der Waals surface area contributed by atoms with Crippen molar-refractivity contribution in [3.8, 4) is 0 Å². The van der Waals surface area contributed by atoms with Crippen LogP contribution >= 0.6 is 0 Å². The minimum atomic E-state index is -0.0803. The van der Waals surface area contributed by atoms with Crippen LogP contribution in [0.3, 0.4) is 0 Å². The second-order valence-corrected chi connectivity index (χ2v) is 8.25. The molecule has 130 valence electrons. The van der Waals surface area contributed by atoms with Crippen LogP contribution in [0.15, 0.2) is 58.1 Å². The average Bonchev–Trinajstić information content (AvgIpc) is 2.75. The van der Waals surface area contributed by atoms with Crippen LogP contribution in [0.4, 0.5) is 0 Å². The lowest BCUT2D eigenvalue weighted by Crippen LogP contribution is -2.10. The molecule has 1 atom stereocenters. The molecule has 0 aliphatic heterocycles. The number of aliphatic imine (C=N–C) groups is 1. The molecule has 1 unspecified atom stereocenters. The Labute approximate surface area is 152 Å². The Morgan fingerprint density at radius 1 is 0.920 bits per heavy atom. The summed E-state index contributed by atoms with van der Waals surface area (Å²) in [7, 11) is 0. The summed E-state index contributed by atoms with van der Waals surface area (Å²) in [6, 6.07) is 13.1. The van der Waals surface area contributed by atoms with Crippen molar-refractivity contribution >= 4 is 22.6 Å². The van der Waals surface area contributed by atoms with Crippen molar-refractivity contribution < 1.29 is 0 Å². The Balaban J connectivity index is 2.28. The first kappa shape index (κ1) is 17.7. The molecular formula is C24H29N. The molecular weight excluding hydrogens is 302 g/mol. The summed E-state index contributed by atoms with van der Waals surface area (Å²) < 4.78 is 0. The SMILES string of the molecule is CC1=C(C)C(C)C(c2ccc3ccccc3c2C=NC(C)(C)C)=C1C. The molecule has 1 aliphatic carbocycles. The Hall–Kier alpha value is -2.15. The van der Waals surface area contributed by atoms with Crippen LogP contribution in [-0.2, 0) is 0 Å². The van der Waals surface area contributed by atoms with Crippen molar-refractivity contribution in [3.05, 3.63) is 64.2 Å². The number of allylic oxidation sites excluding steroid dienone is 4. The summed E-state index contributed by atoms with van der Waals surface area (Å²) in [5, 5.41) is 2.55. The highest BCUT2D eigenvalue weighted by atomic mass is 14.8. The van der Waals surface area contributed by atoms with E-state index in [1.54, 1.807) is 0 Å². The second-order valence-electron chi connectivity index (χ2n) is 8.25. The molecule has 0 bridgehead atoms. The fourth-order valence-corrected chi connectivity index (χ4v) is 3.73. The smallest absolute Gasteiger partial charge is 0.0524 e. The highest BCUT2D eigenvalue weighted by molar-refractivity contribution is 6.05. The molecule has 1 aliphatic rings. The van der Waals surface area contributed by atoms with Gasteiger partial charge in [-0.15, -0.1) is 0 Å². The molecule has 0 saturated carbocycles. The van der Waals surface area contributed by atoms with Crippen molar-refractivity contribution in [2.75, 3.05) is 0 Å². The molecule has 0 amide bonds. The first-order chi connectivity index (χ1) is 11.7. The standard InChI is InChI=1S/C24H29N/c1-15-16(2)18(4)23(17(15)3)21-13-12-19-10-8-9-11-20(19)22(21)14-25-24(5,6)7/h8-14,17H,1-7H3. The molecule has 1 nitrogen and oxygen atoms in total. The summed E-state index contributed by atoms with van der Waals surface area (Å²) >= 11 is 0. The van der Waals surface area contributed by atoms with E-state index in [1.165, 1.54) is 44.2 Å². The summed E-state index contributed by atoms with van der Waals surface area (Å²) in [6.45, 7) is 15.5. The molecule has 2 aromatic carbocycles. The highest BCUT2D eigenvalue weighted by Gasteiger charge is 2.26. The first-order valence-corrected chi connectivity index (χ1v) is 9.16. The molecule has 0 saturated heterocycles. The van der Waals surface area contributed by atoms with Gasteiger partial charge in [0.15, 0.2) is 0 Å². The maximum Gasteiger partial charge on any atom is 0.0524 e. The van der Waals surface area contributed by atoms with E-state index >= 15 is 0 Å². The summed E-state index contributed by atoms with van der Waals surface area (Å²) in [5.41, 5.74) is 8.29. The number of hydrogen-bond donors (Lipinski definition) is 0. The van der Waals surface area contributed by atoms with E-state index in [2.05, 4.69) is 91.1 Å². The normalized spacial score (nSPS) is 18.9. The van der Waals surface area contributed by atoms with Crippen LogP contribution in [0.25, 0.3) is 16.3 Å². The maximum atomic E-state index is 4.84. The molecule has 25 heavy (non-hydrogen) atoms.